The van der Waals surface area contributed by atoms with E-state index in [4.69, 9.17) is 0 Å². The zero-order valence-electron chi connectivity index (χ0n) is 14.7. The van der Waals surface area contributed by atoms with Crippen molar-refractivity contribution in [1.29, 1.82) is 0 Å². The van der Waals surface area contributed by atoms with Crippen LogP contribution < -0.4 is 5.32 Å². The van der Waals surface area contributed by atoms with Crippen LogP contribution in [0, 0.1) is 0 Å². The Morgan fingerprint density at radius 3 is 2.36 bits per heavy atom. The van der Waals surface area contributed by atoms with E-state index in [0.29, 0.717) is 11.4 Å². The Morgan fingerprint density at radius 2 is 1.68 bits per heavy atom. The summed E-state index contributed by atoms with van der Waals surface area (Å²) in [5.41, 5.74) is 0. The molecule has 1 saturated heterocycles. The summed E-state index contributed by atoms with van der Waals surface area (Å²) in [6.45, 7) is 0.646. The first-order chi connectivity index (χ1) is 12.1. The number of sulfone groups is 1. The van der Waals surface area contributed by atoms with Crippen LogP contribution in [0.5, 0.6) is 0 Å². The second-order valence-electron chi connectivity index (χ2n) is 7.22. The molecule has 1 atom stereocenters. The predicted octanol–water partition coefficient (Wildman–Crippen LogP) is 3.36. The van der Waals surface area contributed by atoms with Crippen molar-refractivity contribution in [1.82, 2.24) is 10.2 Å². The summed E-state index contributed by atoms with van der Waals surface area (Å²) >= 11 is 0. The van der Waals surface area contributed by atoms with Gasteiger partial charge in [0.15, 0.2) is 9.84 Å². The first-order valence-corrected chi connectivity index (χ1v) is 11.1. The fourth-order valence-corrected chi connectivity index (χ4v) is 5.55. The van der Waals surface area contributed by atoms with Gasteiger partial charge in [0.05, 0.1) is 10.6 Å². The summed E-state index contributed by atoms with van der Waals surface area (Å²) in [5, 5.41) is 3.15. The standard InChI is InChI=1S/C19H28N2O3S/c22-19(20-16-9-4-1-2-5-10-16)21-14-8-11-17(21)15-25(23,24)18-12-6-3-7-13-18/h3,6-7,12-13,16-17H,1-2,4-5,8-11,14-15H2,(H,20,22). The van der Waals surface area contributed by atoms with E-state index >= 15 is 0 Å². The van der Waals surface area contributed by atoms with Gasteiger partial charge in [0.2, 0.25) is 0 Å². The lowest BCUT2D eigenvalue weighted by atomic mass is 10.1. The van der Waals surface area contributed by atoms with Gasteiger partial charge >= 0.3 is 6.03 Å². The molecule has 1 aromatic carbocycles. The third-order valence-corrected chi connectivity index (χ3v) is 7.15. The third kappa shape index (κ3) is 4.75. The molecule has 2 aliphatic rings. The molecule has 1 aliphatic carbocycles. The maximum absolute atomic E-state index is 12.7. The molecule has 2 amide bonds. The van der Waals surface area contributed by atoms with E-state index in [1.807, 2.05) is 0 Å². The number of likely N-dealkylation sites (tertiary alicyclic amines) is 1. The van der Waals surface area contributed by atoms with Gasteiger partial charge in [-0.15, -0.1) is 0 Å². The molecule has 0 spiro atoms. The lowest BCUT2D eigenvalue weighted by Crippen LogP contribution is -2.48. The van der Waals surface area contributed by atoms with Crippen LogP contribution in [0.4, 0.5) is 4.79 Å². The fourth-order valence-electron chi connectivity index (χ4n) is 3.93. The average Bonchev–Trinajstić information content (AvgIpc) is 2.90. The molecule has 25 heavy (non-hydrogen) atoms. The Balaban J connectivity index is 1.63. The van der Waals surface area contributed by atoms with Crippen molar-refractivity contribution < 1.29 is 13.2 Å². The molecule has 1 N–H and O–H groups in total. The highest BCUT2D eigenvalue weighted by molar-refractivity contribution is 7.91. The summed E-state index contributed by atoms with van der Waals surface area (Å²) in [5.74, 6) is 0.00903. The van der Waals surface area contributed by atoms with E-state index < -0.39 is 9.84 Å². The molecule has 138 valence electrons. The highest BCUT2D eigenvalue weighted by atomic mass is 32.2. The SMILES string of the molecule is O=C(NC1CCCCCC1)N1CCCC1CS(=O)(=O)c1ccccc1. The summed E-state index contributed by atoms with van der Waals surface area (Å²) in [6, 6.07) is 8.45. The monoisotopic (exact) mass is 364 g/mol. The smallest absolute Gasteiger partial charge is 0.317 e. The van der Waals surface area contributed by atoms with Crippen molar-refractivity contribution in [3.8, 4) is 0 Å². The molecule has 1 heterocycles. The van der Waals surface area contributed by atoms with Crippen molar-refractivity contribution in [2.24, 2.45) is 0 Å². The van der Waals surface area contributed by atoms with Crippen LogP contribution in [0.2, 0.25) is 0 Å². The fraction of sp³-hybridized carbons (Fsp3) is 0.632. The van der Waals surface area contributed by atoms with Gasteiger partial charge in [-0.1, -0.05) is 43.9 Å². The third-order valence-electron chi connectivity index (χ3n) is 5.33. The van der Waals surface area contributed by atoms with E-state index in [0.717, 1.165) is 38.5 Å². The Labute approximate surface area is 150 Å². The largest absolute Gasteiger partial charge is 0.335 e. The lowest BCUT2D eigenvalue weighted by molar-refractivity contribution is 0.191. The maximum Gasteiger partial charge on any atom is 0.317 e. The molecule has 1 aliphatic heterocycles. The van der Waals surface area contributed by atoms with Crippen LogP contribution in [-0.2, 0) is 9.84 Å². The number of benzene rings is 1. The number of carbonyl (C=O) groups excluding carboxylic acids is 1. The molecule has 3 rings (SSSR count). The summed E-state index contributed by atoms with van der Waals surface area (Å²) in [6.07, 6.45) is 8.51. The second-order valence-corrected chi connectivity index (χ2v) is 9.26. The van der Waals surface area contributed by atoms with Crippen LogP contribution >= 0.6 is 0 Å². The maximum atomic E-state index is 12.7. The number of nitrogens with zero attached hydrogens (tertiary/aromatic N) is 1. The van der Waals surface area contributed by atoms with Crippen LogP contribution in [0.1, 0.15) is 51.4 Å². The van der Waals surface area contributed by atoms with Crippen molar-refractivity contribution in [3.05, 3.63) is 30.3 Å². The second kappa shape index (κ2) is 8.21. The first-order valence-electron chi connectivity index (χ1n) is 9.41. The number of hydrogen-bond donors (Lipinski definition) is 1. The molecular weight excluding hydrogens is 336 g/mol. The molecule has 0 aromatic heterocycles. The van der Waals surface area contributed by atoms with E-state index in [1.54, 1.807) is 35.2 Å². The van der Waals surface area contributed by atoms with Gasteiger partial charge in [-0.05, 0) is 37.8 Å². The summed E-state index contributed by atoms with van der Waals surface area (Å²) in [7, 11) is -3.37. The lowest BCUT2D eigenvalue weighted by Gasteiger charge is -2.27. The molecule has 1 aromatic rings. The molecule has 6 heteroatoms. The van der Waals surface area contributed by atoms with Gasteiger partial charge in [0.1, 0.15) is 0 Å². The van der Waals surface area contributed by atoms with E-state index in [-0.39, 0.29) is 23.9 Å². The van der Waals surface area contributed by atoms with Crippen LogP contribution in [0.25, 0.3) is 0 Å². The molecule has 1 saturated carbocycles. The Kier molecular flexibility index (Phi) is 5.99. The van der Waals surface area contributed by atoms with Crippen molar-refractivity contribution in [2.45, 2.75) is 68.3 Å². The van der Waals surface area contributed by atoms with Crippen molar-refractivity contribution >= 4 is 15.9 Å². The van der Waals surface area contributed by atoms with Crippen molar-refractivity contribution in [3.63, 3.8) is 0 Å². The average molecular weight is 365 g/mol. The number of amides is 2. The number of carbonyl (C=O) groups is 1. The first kappa shape index (κ1) is 18.2. The van der Waals surface area contributed by atoms with Gasteiger partial charge in [-0.3, -0.25) is 0 Å². The zero-order chi connectivity index (χ0) is 17.7. The van der Waals surface area contributed by atoms with Crippen LogP contribution in [0.3, 0.4) is 0 Å². The quantitative estimate of drug-likeness (QED) is 0.833. The Hall–Kier alpha value is -1.56. The van der Waals surface area contributed by atoms with Gasteiger partial charge in [0, 0.05) is 18.6 Å². The minimum Gasteiger partial charge on any atom is -0.335 e. The number of rotatable bonds is 4. The normalized spacial score (nSPS) is 22.6. The molecule has 0 radical (unpaired) electrons. The number of hydrogen-bond acceptors (Lipinski definition) is 3. The van der Waals surface area contributed by atoms with Crippen molar-refractivity contribution in [2.75, 3.05) is 12.3 Å². The zero-order valence-corrected chi connectivity index (χ0v) is 15.5. The number of urea groups is 1. The van der Waals surface area contributed by atoms with Gasteiger partial charge in [-0.2, -0.15) is 0 Å². The topological polar surface area (TPSA) is 66.5 Å². The minimum atomic E-state index is -3.37. The van der Waals surface area contributed by atoms with Crippen LogP contribution in [-0.4, -0.2) is 43.7 Å². The molecule has 2 fully saturated rings. The molecular formula is C19H28N2O3S. The van der Waals surface area contributed by atoms with Gasteiger partial charge in [-0.25, -0.2) is 13.2 Å². The number of nitrogens with one attached hydrogen (secondary N) is 1. The summed E-state index contributed by atoms with van der Waals surface area (Å²) < 4.78 is 25.3. The van der Waals surface area contributed by atoms with Gasteiger partial charge < -0.3 is 10.2 Å². The molecule has 1 unspecified atom stereocenters. The van der Waals surface area contributed by atoms with Gasteiger partial charge in [0.25, 0.3) is 0 Å². The van der Waals surface area contributed by atoms with E-state index in [9.17, 15) is 13.2 Å². The Morgan fingerprint density at radius 1 is 1.00 bits per heavy atom. The minimum absolute atomic E-state index is 0.00903. The van der Waals surface area contributed by atoms with E-state index in [2.05, 4.69) is 5.32 Å². The summed E-state index contributed by atoms with van der Waals surface area (Å²) in [4.78, 5) is 14.8. The predicted molar refractivity (Wildman–Crippen MR) is 98.2 cm³/mol. The molecule has 0 bridgehead atoms. The molecule has 5 nitrogen and oxygen atoms in total. The highest BCUT2D eigenvalue weighted by Crippen LogP contribution is 2.23. The highest BCUT2D eigenvalue weighted by Gasteiger charge is 2.33. The Bertz CT molecular complexity index is 667. The van der Waals surface area contributed by atoms with Crippen LogP contribution in [0.15, 0.2) is 35.2 Å². The van der Waals surface area contributed by atoms with E-state index in [1.165, 1.54) is 12.8 Å².